The minimum Gasteiger partial charge on any atom is -0.495 e. The largest absolute Gasteiger partial charge is 0.495 e. The van der Waals surface area contributed by atoms with Crippen molar-refractivity contribution in [1.29, 1.82) is 0 Å². The number of amides is 1. The molecule has 0 saturated carbocycles. The second-order valence-corrected chi connectivity index (χ2v) is 10.2. The van der Waals surface area contributed by atoms with Crippen LogP contribution < -0.4 is 15.0 Å². The van der Waals surface area contributed by atoms with Crippen LogP contribution in [0.15, 0.2) is 17.3 Å². The van der Waals surface area contributed by atoms with E-state index in [0.717, 1.165) is 68.0 Å². The van der Waals surface area contributed by atoms with Crippen LogP contribution in [0.1, 0.15) is 38.2 Å². The van der Waals surface area contributed by atoms with Crippen molar-refractivity contribution in [2.24, 2.45) is 5.92 Å². The van der Waals surface area contributed by atoms with Crippen LogP contribution in [-0.4, -0.2) is 59.3 Å². The standard InChI is InChI=1S/C23H32ClN5O3S/c1-15-6-8-28(9-7-15)22-26-27-23(29(22)13-17-5-4-10-32-17)33-14-21(30)25-19-11-16(2)18(24)12-20(19)31-3/h11-12,15,17H,4-10,13-14H2,1-3H3,(H,25,30)/t17-/m0/s1. The van der Waals surface area contributed by atoms with Crippen molar-refractivity contribution in [1.82, 2.24) is 14.8 Å². The number of hydrogen-bond acceptors (Lipinski definition) is 7. The van der Waals surface area contributed by atoms with E-state index in [4.69, 9.17) is 21.1 Å². The Morgan fingerprint density at radius 2 is 2.09 bits per heavy atom. The van der Waals surface area contributed by atoms with Gasteiger partial charge in [0.15, 0.2) is 5.16 Å². The number of nitrogens with zero attached hydrogens (tertiary/aromatic N) is 4. The number of benzene rings is 1. The second kappa shape index (κ2) is 11.0. The van der Waals surface area contributed by atoms with Gasteiger partial charge in [-0.1, -0.05) is 30.3 Å². The fourth-order valence-electron chi connectivity index (χ4n) is 4.23. The van der Waals surface area contributed by atoms with Gasteiger partial charge < -0.3 is 19.7 Å². The lowest BCUT2D eigenvalue weighted by molar-refractivity contribution is -0.113. The Morgan fingerprint density at radius 3 is 2.79 bits per heavy atom. The Balaban J connectivity index is 1.46. The first-order chi connectivity index (χ1) is 15.9. The highest BCUT2D eigenvalue weighted by atomic mass is 35.5. The number of aromatic nitrogens is 3. The number of piperidine rings is 1. The summed E-state index contributed by atoms with van der Waals surface area (Å²) in [5, 5.41) is 13.2. The second-order valence-electron chi connectivity index (χ2n) is 8.84. The molecule has 2 aliphatic rings. The first kappa shape index (κ1) is 24.2. The van der Waals surface area contributed by atoms with Gasteiger partial charge in [-0.2, -0.15) is 0 Å². The van der Waals surface area contributed by atoms with E-state index in [9.17, 15) is 4.79 Å². The monoisotopic (exact) mass is 493 g/mol. The van der Waals surface area contributed by atoms with Crippen LogP contribution >= 0.6 is 23.4 Å². The highest BCUT2D eigenvalue weighted by Crippen LogP contribution is 2.32. The van der Waals surface area contributed by atoms with Gasteiger partial charge in [-0.15, -0.1) is 10.2 Å². The van der Waals surface area contributed by atoms with E-state index in [1.54, 1.807) is 13.2 Å². The first-order valence-electron chi connectivity index (χ1n) is 11.5. The maximum atomic E-state index is 12.7. The number of hydrogen-bond donors (Lipinski definition) is 1. The molecule has 180 valence electrons. The van der Waals surface area contributed by atoms with E-state index in [0.29, 0.717) is 23.0 Å². The topological polar surface area (TPSA) is 81.5 Å². The number of aryl methyl sites for hydroxylation is 1. The minimum absolute atomic E-state index is 0.139. The molecule has 2 aliphatic heterocycles. The summed E-state index contributed by atoms with van der Waals surface area (Å²) in [4.78, 5) is 15.1. The van der Waals surface area contributed by atoms with Crippen molar-refractivity contribution in [3.05, 3.63) is 22.7 Å². The Hall–Kier alpha value is -1.97. The Bertz CT molecular complexity index is 971. The van der Waals surface area contributed by atoms with Crippen molar-refractivity contribution in [2.45, 2.75) is 57.3 Å². The van der Waals surface area contributed by atoms with Crippen LogP contribution in [-0.2, 0) is 16.1 Å². The molecule has 2 fully saturated rings. The number of methoxy groups -OCH3 is 1. The molecule has 1 aromatic carbocycles. The van der Waals surface area contributed by atoms with Crippen LogP contribution in [0.25, 0.3) is 0 Å². The Morgan fingerprint density at radius 1 is 1.30 bits per heavy atom. The lowest BCUT2D eigenvalue weighted by Gasteiger charge is -2.31. The molecule has 2 saturated heterocycles. The Labute approximate surface area is 204 Å². The fraction of sp³-hybridized carbons (Fsp3) is 0.609. The molecule has 4 rings (SSSR count). The number of anilines is 2. The van der Waals surface area contributed by atoms with Gasteiger partial charge in [-0.25, -0.2) is 0 Å². The third kappa shape index (κ3) is 5.94. The van der Waals surface area contributed by atoms with Gasteiger partial charge in [0.1, 0.15) is 5.75 Å². The molecule has 10 heteroatoms. The zero-order valence-corrected chi connectivity index (χ0v) is 21.0. The van der Waals surface area contributed by atoms with Crippen molar-refractivity contribution in [3.8, 4) is 5.75 Å². The number of halogens is 1. The van der Waals surface area contributed by atoms with Crippen LogP contribution in [0.5, 0.6) is 5.75 Å². The number of thioether (sulfide) groups is 1. The summed E-state index contributed by atoms with van der Waals surface area (Å²) >= 11 is 7.57. The molecule has 0 aliphatic carbocycles. The molecule has 1 N–H and O–H groups in total. The third-order valence-electron chi connectivity index (χ3n) is 6.26. The van der Waals surface area contributed by atoms with Crippen molar-refractivity contribution < 1.29 is 14.3 Å². The summed E-state index contributed by atoms with van der Waals surface area (Å²) in [6, 6.07) is 3.53. The molecule has 33 heavy (non-hydrogen) atoms. The number of nitrogens with one attached hydrogen (secondary N) is 1. The Kier molecular flexibility index (Phi) is 8.03. The van der Waals surface area contributed by atoms with Crippen LogP contribution in [0.2, 0.25) is 5.02 Å². The summed E-state index contributed by atoms with van der Waals surface area (Å²) in [7, 11) is 1.56. The van der Waals surface area contributed by atoms with Crippen LogP contribution in [0.3, 0.4) is 0 Å². The quantitative estimate of drug-likeness (QED) is 0.546. The molecular weight excluding hydrogens is 462 g/mol. The van der Waals surface area contributed by atoms with Gasteiger partial charge in [-0.3, -0.25) is 9.36 Å². The van der Waals surface area contributed by atoms with Crippen molar-refractivity contribution in [3.63, 3.8) is 0 Å². The van der Waals surface area contributed by atoms with Crippen molar-refractivity contribution >= 4 is 40.9 Å². The average molecular weight is 494 g/mol. The van der Waals surface area contributed by atoms with Gasteiger partial charge >= 0.3 is 0 Å². The number of carbonyl (C=O) groups excluding carboxylic acids is 1. The lowest BCUT2D eigenvalue weighted by atomic mass is 10.00. The maximum Gasteiger partial charge on any atom is 0.234 e. The van der Waals surface area contributed by atoms with Crippen LogP contribution in [0, 0.1) is 12.8 Å². The normalized spacial score (nSPS) is 19.2. The van der Waals surface area contributed by atoms with Gasteiger partial charge in [0.25, 0.3) is 0 Å². The predicted octanol–water partition coefficient (Wildman–Crippen LogP) is 4.39. The van der Waals surface area contributed by atoms with Gasteiger partial charge in [0, 0.05) is 30.8 Å². The molecule has 0 unspecified atom stereocenters. The summed E-state index contributed by atoms with van der Waals surface area (Å²) < 4.78 is 13.4. The zero-order valence-electron chi connectivity index (χ0n) is 19.5. The average Bonchev–Trinajstić information content (AvgIpc) is 3.46. The van der Waals surface area contributed by atoms with Gasteiger partial charge in [0.05, 0.1) is 31.2 Å². The minimum atomic E-state index is -0.139. The van der Waals surface area contributed by atoms with E-state index in [2.05, 4.69) is 31.9 Å². The molecule has 1 aromatic heterocycles. The molecular formula is C23H32ClN5O3S. The fourth-order valence-corrected chi connectivity index (χ4v) is 5.12. The van der Waals surface area contributed by atoms with E-state index >= 15 is 0 Å². The predicted molar refractivity (Wildman–Crippen MR) is 132 cm³/mol. The molecule has 0 spiro atoms. The van der Waals surface area contributed by atoms with E-state index in [1.807, 2.05) is 13.0 Å². The maximum absolute atomic E-state index is 12.7. The molecule has 8 nitrogen and oxygen atoms in total. The number of rotatable bonds is 8. The third-order valence-corrected chi connectivity index (χ3v) is 7.64. The summed E-state index contributed by atoms with van der Waals surface area (Å²) in [5.41, 5.74) is 1.48. The summed E-state index contributed by atoms with van der Waals surface area (Å²) in [6.07, 6.45) is 4.59. The molecule has 0 bridgehead atoms. The first-order valence-corrected chi connectivity index (χ1v) is 12.9. The number of ether oxygens (including phenoxy) is 2. The molecule has 3 heterocycles. The van der Waals surface area contributed by atoms with Gasteiger partial charge in [0.2, 0.25) is 11.9 Å². The molecule has 1 amide bonds. The highest BCUT2D eigenvalue weighted by molar-refractivity contribution is 7.99. The van der Waals surface area contributed by atoms with E-state index in [-0.39, 0.29) is 17.8 Å². The molecule has 0 radical (unpaired) electrons. The van der Waals surface area contributed by atoms with Crippen molar-refractivity contribution in [2.75, 3.05) is 42.8 Å². The van der Waals surface area contributed by atoms with Crippen LogP contribution in [0.4, 0.5) is 11.6 Å². The zero-order chi connectivity index (χ0) is 23.4. The smallest absolute Gasteiger partial charge is 0.234 e. The number of carbonyl (C=O) groups is 1. The summed E-state index contributed by atoms with van der Waals surface area (Å²) in [6.45, 7) is 7.66. The molecule has 2 aromatic rings. The SMILES string of the molecule is COc1cc(Cl)c(C)cc1NC(=O)CSc1nnc(N2CCC(C)CC2)n1C[C@@H]1CCCO1. The molecule has 1 atom stereocenters. The van der Waals surface area contributed by atoms with Gasteiger partial charge in [-0.05, 0) is 50.2 Å². The van der Waals surface area contributed by atoms with E-state index < -0.39 is 0 Å². The highest BCUT2D eigenvalue weighted by Gasteiger charge is 2.26. The van der Waals surface area contributed by atoms with E-state index in [1.165, 1.54) is 11.8 Å². The lowest BCUT2D eigenvalue weighted by Crippen LogP contribution is -2.35. The summed E-state index contributed by atoms with van der Waals surface area (Å²) in [5.74, 6) is 2.23.